The molecule has 0 spiro atoms. The highest BCUT2D eigenvalue weighted by atomic mass is 32.3. The normalized spacial score (nSPS) is 20.3. The monoisotopic (exact) mass is 383 g/mol. The first-order chi connectivity index (χ1) is 10.6. The molecule has 132 valence electrons. The Morgan fingerprint density at radius 1 is 1.17 bits per heavy atom. The van der Waals surface area contributed by atoms with Crippen molar-refractivity contribution in [1.29, 1.82) is 0 Å². The molecule has 23 heavy (non-hydrogen) atoms. The number of rotatable bonds is 6. The lowest BCUT2D eigenvalue weighted by molar-refractivity contribution is 0.0152. The highest BCUT2D eigenvalue weighted by Crippen LogP contribution is 2.25. The summed E-state index contributed by atoms with van der Waals surface area (Å²) in [5, 5.41) is 5.01. The molecule has 0 bridgehead atoms. The van der Waals surface area contributed by atoms with Gasteiger partial charge >= 0.3 is 0 Å². The van der Waals surface area contributed by atoms with E-state index in [1.165, 1.54) is 12.1 Å². The van der Waals surface area contributed by atoms with E-state index in [-0.39, 0.29) is 20.5 Å². The van der Waals surface area contributed by atoms with Gasteiger partial charge in [-0.2, -0.15) is 0 Å². The lowest BCUT2D eigenvalue weighted by atomic mass is 10.1. The van der Waals surface area contributed by atoms with Crippen LogP contribution in [0.4, 0.5) is 0 Å². The quantitative estimate of drug-likeness (QED) is 0.701. The van der Waals surface area contributed by atoms with Crippen molar-refractivity contribution >= 4 is 31.4 Å². The average Bonchev–Trinajstić information content (AvgIpc) is 2.97. The van der Waals surface area contributed by atoms with Gasteiger partial charge in [-0.3, -0.25) is 4.90 Å². The second kappa shape index (κ2) is 7.13. The second-order valence-corrected chi connectivity index (χ2v) is 10.2. The highest BCUT2D eigenvalue weighted by Gasteiger charge is 2.27. The van der Waals surface area contributed by atoms with Crippen LogP contribution in [0.3, 0.4) is 0 Å². The predicted octanol–water partition coefficient (Wildman–Crippen LogP) is -0.217. The van der Waals surface area contributed by atoms with Crippen LogP contribution in [0.15, 0.2) is 20.6 Å². The van der Waals surface area contributed by atoms with E-state index in [1.807, 2.05) is 6.92 Å². The number of nitrogens with zero attached hydrogens (tertiary/aromatic N) is 1. The van der Waals surface area contributed by atoms with Gasteiger partial charge in [0.2, 0.25) is 20.0 Å². The van der Waals surface area contributed by atoms with Crippen molar-refractivity contribution in [1.82, 2.24) is 9.62 Å². The Morgan fingerprint density at radius 2 is 1.74 bits per heavy atom. The van der Waals surface area contributed by atoms with E-state index in [9.17, 15) is 16.8 Å². The van der Waals surface area contributed by atoms with Crippen molar-refractivity contribution in [3.8, 4) is 0 Å². The topological polar surface area (TPSA) is 119 Å². The summed E-state index contributed by atoms with van der Waals surface area (Å²) in [5.41, 5.74) is 0. The molecule has 0 aliphatic carbocycles. The molecule has 0 amide bonds. The summed E-state index contributed by atoms with van der Waals surface area (Å²) in [6.45, 7) is 6.50. The summed E-state index contributed by atoms with van der Waals surface area (Å²) in [6.07, 6.45) is 0. The molecule has 2 rings (SSSR count). The van der Waals surface area contributed by atoms with Crippen molar-refractivity contribution in [3.05, 3.63) is 12.1 Å². The Morgan fingerprint density at radius 3 is 2.26 bits per heavy atom. The minimum absolute atomic E-state index is 0.00801. The molecule has 8 nitrogen and oxygen atoms in total. The molecule has 11 heteroatoms. The van der Waals surface area contributed by atoms with Gasteiger partial charge in [-0.1, -0.05) is 0 Å². The molecule has 1 aromatic heterocycles. The molecular weight excluding hydrogens is 362 g/mol. The molecule has 1 fully saturated rings. The highest BCUT2D eigenvalue weighted by molar-refractivity contribution is 7.94. The van der Waals surface area contributed by atoms with E-state index in [1.54, 1.807) is 6.92 Å². The third-order valence-corrected chi connectivity index (χ3v) is 8.36. The second-order valence-electron chi connectivity index (χ2n) is 5.42. The van der Waals surface area contributed by atoms with Crippen LogP contribution < -0.4 is 9.86 Å². The van der Waals surface area contributed by atoms with Gasteiger partial charge in [0, 0.05) is 25.2 Å². The molecule has 1 aliphatic rings. The van der Waals surface area contributed by atoms with E-state index in [4.69, 9.17) is 9.88 Å². The lowest BCUT2D eigenvalue weighted by Crippen LogP contribution is -2.52. The number of nitrogens with two attached hydrogens (primary N) is 1. The fourth-order valence-corrected chi connectivity index (χ4v) is 5.83. The smallest absolute Gasteiger partial charge is 0.250 e. The van der Waals surface area contributed by atoms with E-state index in [2.05, 4.69) is 9.62 Å². The zero-order chi connectivity index (χ0) is 17.3. The minimum atomic E-state index is -3.90. The molecule has 1 saturated heterocycles. The van der Waals surface area contributed by atoms with Crippen molar-refractivity contribution in [2.75, 3.05) is 26.3 Å². The molecule has 0 radical (unpaired) electrons. The van der Waals surface area contributed by atoms with Crippen LogP contribution in [-0.4, -0.2) is 60.1 Å². The fraction of sp³-hybridized carbons (Fsp3) is 0.667. The number of sulfonamides is 2. The third-order valence-electron chi connectivity index (χ3n) is 3.79. The zero-order valence-corrected chi connectivity index (χ0v) is 15.4. The van der Waals surface area contributed by atoms with Crippen LogP contribution >= 0.6 is 11.3 Å². The summed E-state index contributed by atoms with van der Waals surface area (Å²) in [4.78, 5) is 2.15. The SMILES string of the molecule is CC(NS(=O)(=O)c1ccc(S(N)(=O)=O)s1)C(C)N1CCOCC1. The van der Waals surface area contributed by atoms with Crippen LogP contribution in [0, 0.1) is 0 Å². The van der Waals surface area contributed by atoms with E-state index < -0.39 is 20.0 Å². The van der Waals surface area contributed by atoms with Gasteiger partial charge in [0.25, 0.3) is 0 Å². The average molecular weight is 384 g/mol. The molecule has 1 aromatic rings. The summed E-state index contributed by atoms with van der Waals surface area (Å²) in [5.74, 6) is 0. The zero-order valence-electron chi connectivity index (χ0n) is 12.9. The molecular formula is C12H21N3O5S3. The Hall–Kier alpha value is -0.560. The summed E-state index contributed by atoms with van der Waals surface area (Å²) >= 11 is 0.639. The van der Waals surface area contributed by atoms with E-state index >= 15 is 0 Å². The third kappa shape index (κ3) is 4.72. The summed E-state index contributed by atoms with van der Waals surface area (Å²) in [7, 11) is -7.69. The number of primary sulfonamides is 1. The Bertz CT molecular complexity index is 738. The van der Waals surface area contributed by atoms with Gasteiger partial charge in [0.15, 0.2) is 0 Å². The molecule has 2 heterocycles. The first kappa shape index (κ1) is 18.8. The maximum atomic E-state index is 12.4. The molecule has 2 atom stereocenters. The lowest BCUT2D eigenvalue weighted by Gasteiger charge is -2.35. The number of morpholine rings is 1. The van der Waals surface area contributed by atoms with E-state index in [0.29, 0.717) is 24.6 Å². The first-order valence-corrected chi connectivity index (χ1v) is 10.9. The van der Waals surface area contributed by atoms with Crippen molar-refractivity contribution in [2.45, 2.75) is 34.3 Å². The van der Waals surface area contributed by atoms with Crippen molar-refractivity contribution in [2.24, 2.45) is 5.14 Å². The Labute approximate surface area is 140 Å². The van der Waals surface area contributed by atoms with Crippen LogP contribution in [0.5, 0.6) is 0 Å². The predicted molar refractivity (Wildman–Crippen MR) is 87.3 cm³/mol. The molecule has 1 aliphatic heterocycles. The first-order valence-electron chi connectivity index (χ1n) is 7.08. The van der Waals surface area contributed by atoms with Gasteiger partial charge in [0.05, 0.1) is 13.2 Å². The maximum absolute atomic E-state index is 12.4. The fourth-order valence-electron chi connectivity index (χ4n) is 2.30. The molecule has 2 unspecified atom stereocenters. The van der Waals surface area contributed by atoms with Crippen LogP contribution in [-0.2, 0) is 24.8 Å². The number of thiophene rings is 1. The maximum Gasteiger partial charge on any atom is 0.250 e. The number of hydrogen-bond acceptors (Lipinski definition) is 7. The van der Waals surface area contributed by atoms with Gasteiger partial charge in [-0.05, 0) is 26.0 Å². The van der Waals surface area contributed by atoms with Crippen LogP contribution in [0.25, 0.3) is 0 Å². The summed E-state index contributed by atoms with van der Waals surface area (Å²) < 4.78 is 55.0. The Kier molecular flexibility index (Phi) is 5.82. The minimum Gasteiger partial charge on any atom is -0.379 e. The standard InChI is InChI=1S/C12H21N3O5S3/c1-9(10(2)15-5-7-20-8-6-15)14-23(18,19)12-4-3-11(21-12)22(13,16)17/h3-4,9-10,14H,5-8H2,1-2H3,(H2,13,16,17). The van der Waals surface area contributed by atoms with Gasteiger partial charge in [-0.15, -0.1) is 11.3 Å². The van der Waals surface area contributed by atoms with Crippen molar-refractivity contribution < 1.29 is 21.6 Å². The number of hydrogen-bond donors (Lipinski definition) is 2. The summed E-state index contributed by atoms with van der Waals surface area (Å²) in [6, 6.07) is 2.10. The van der Waals surface area contributed by atoms with Gasteiger partial charge < -0.3 is 4.74 Å². The van der Waals surface area contributed by atoms with Gasteiger partial charge in [0.1, 0.15) is 8.42 Å². The van der Waals surface area contributed by atoms with Gasteiger partial charge in [-0.25, -0.2) is 26.7 Å². The molecule has 3 N–H and O–H groups in total. The largest absolute Gasteiger partial charge is 0.379 e. The molecule has 0 saturated carbocycles. The number of nitrogens with one attached hydrogen (secondary N) is 1. The van der Waals surface area contributed by atoms with E-state index in [0.717, 1.165) is 13.1 Å². The number of ether oxygens (including phenoxy) is 1. The van der Waals surface area contributed by atoms with Crippen LogP contribution in [0.1, 0.15) is 13.8 Å². The van der Waals surface area contributed by atoms with Crippen molar-refractivity contribution in [3.63, 3.8) is 0 Å². The van der Waals surface area contributed by atoms with Crippen LogP contribution in [0.2, 0.25) is 0 Å². The Balaban J connectivity index is 2.09. The molecule has 0 aromatic carbocycles.